The molecule has 1 aromatic heterocycles. The zero-order valence-corrected chi connectivity index (χ0v) is 14.3. The van der Waals surface area contributed by atoms with Crippen LogP contribution in [0, 0.1) is 19.8 Å². The van der Waals surface area contributed by atoms with E-state index in [0.29, 0.717) is 13.1 Å². The molecule has 1 aliphatic rings. The van der Waals surface area contributed by atoms with E-state index in [1.54, 1.807) is 6.20 Å². The van der Waals surface area contributed by atoms with Crippen molar-refractivity contribution in [1.82, 2.24) is 15.3 Å². The minimum absolute atomic E-state index is 0.00679. The van der Waals surface area contributed by atoms with E-state index >= 15 is 0 Å². The molecular formula is C19H24N4O. The fourth-order valence-electron chi connectivity index (χ4n) is 3.12. The zero-order chi connectivity index (χ0) is 16.9. The molecular weight excluding hydrogens is 300 g/mol. The van der Waals surface area contributed by atoms with Crippen molar-refractivity contribution in [3.63, 3.8) is 0 Å². The second-order valence-corrected chi connectivity index (χ2v) is 6.49. The molecule has 0 saturated carbocycles. The second-order valence-electron chi connectivity index (χ2n) is 6.49. The van der Waals surface area contributed by atoms with E-state index in [4.69, 9.17) is 0 Å². The van der Waals surface area contributed by atoms with Gasteiger partial charge in [0.1, 0.15) is 0 Å². The van der Waals surface area contributed by atoms with Crippen molar-refractivity contribution in [1.29, 1.82) is 0 Å². The molecule has 24 heavy (non-hydrogen) atoms. The Labute approximate surface area is 143 Å². The molecule has 1 N–H and O–H groups in total. The Kier molecular flexibility index (Phi) is 5.08. The van der Waals surface area contributed by atoms with Crippen LogP contribution in [0.15, 0.2) is 36.5 Å². The lowest BCUT2D eigenvalue weighted by atomic mass is 9.97. The molecule has 0 unspecified atom stereocenters. The van der Waals surface area contributed by atoms with Crippen molar-refractivity contribution in [2.24, 2.45) is 5.92 Å². The number of aromatic nitrogens is 2. The number of nitrogens with one attached hydrogen (secondary N) is 1. The number of hydrogen-bond acceptors (Lipinski definition) is 4. The van der Waals surface area contributed by atoms with Crippen molar-refractivity contribution >= 4 is 11.9 Å². The van der Waals surface area contributed by atoms with E-state index in [1.165, 1.54) is 5.56 Å². The molecule has 0 spiro atoms. The first-order valence-corrected chi connectivity index (χ1v) is 8.49. The minimum atomic E-state index is -0.00679. The van der Waals surface area contributed by atoms with Gasteiger partial charge in [-0.05, 0) is 38.3 Å². The van der Waals surface area contributed by atoms with Gasteiger partial charge in [0.05, 0.1) is 5.92 Å². The predicted molar refractivity (Wildman–Crippen MR) is 94.7 cm³/mol. The van der Waals surface area contributed by atoms with Crippen LogP contribution in [0.25, 0.3) is 0 Å². The van der Waals surface area contributed by atoms with Gasteiger partial charge in [-0.15, -0.1) is 0 Å². The smallest absolute Gasteiger partial charge is 0.225 e. The zero-order valence-electron chi connectivity index (χ0n) is 14.3. The number of nitrogens with zero attached hydrogens (tertiary/aromatic N) is 3. The third-order valence-electron chi connectivity index (χ3n) is 4.41. The van der Waals surface area contributed by atoms with Crippen molar-refractivity contribution in [2.75, 3.05) is 18.0 Å². The Morgan fingerprint density at radius 2 is 2.21 bits per heavy atom. The number of carbonyl (C=O) groups excluding carboxylic acids is 1. The van der Waals surface area contributed by atoms with Crippen molar-refractivity contribution in [3.05, 3.63) is 53.3 Å². The number of rotatable bonds is 4. The van der Waals surface area contributed by atoms with Gasteiger partial charge < -0.3 is 10.2 Å². The van der Waals surface area contributed by atoms with Crippen LogP contribution in [0.2, 0.25) is 0 Å². The highest BCUT2D eigenvalue weighted by Crippen LogP contribution is 2.20. The van der Waals surface area contributed by atoms with Gasteiger partial charge in [-0.3, -0.25) is 4.79 Å². The van der Waals surface area contributed by atoms with E-state index in [0.717, 1.165) is 36.6 Å². The van der Waals surface area contributed by atoms with E-state index < -0.39 is 0 Å². The normalized spacial score (nSPS) is 17.6. The number of amides is 1. The monoisotopic (exact) mass is 324 g/mol. The van der Waals surface area contributed by atoms with Gasteiger partial charge in [-0.1, -0.05) is 29.8 Å². The molecule has 1 amide bonds. The van der Waals surface area contributed by atoms with Gasteiger partial charge in [-0.25, -0.2) is 9.97 Å². The molecule has 2 heterocycles. The average molecular weight is 324 g/mol. The summed E-state index contributed by atoms with van der Waals surface area (Å²) in [6.07, 6.45) is 3.68. The van der Waals surface area contributed by atoms with Gasteiger partial charge in [-0.2, -0.15) is 0 Å². The summed E-state index contributed by atoms with van der Waals surface area (Å²) in [5.41, 5.74) is 3.30. The third kappa shape index (κ3) is 4.10. The SMILES string of the molecule is Cc1cccc(CNC(=O)[C@H]2CCCN(c3nccc(C)n3)C2)c1. The molecule has 0 radical (unpaired) electrons. The second kappa shape index (κ2) is 7.43. The number of hydrogen-bond donors (Lipinski definition) is 1. The molecule has 5 heteroatoms. The summed E-state index contributed by atoms with van der Waals surface area (Å²) in [5, 5.41) is 3.07. The van der Waals surface area contributed by atoms with Crippen LogP contribution < -0.4 is 10.2 Å². The quantitative estimate of drug-likeness (QED) is 0.939. The van der Waals surface area contributed by atoms with E-state index in [1.807, 2.05) is 25.1 Å². The van der Waals surface area contributed by atoms with Crippen molar-refractivity contribution in [3.8, 4) is 0 Å². The van der Waals surface area contributed by atoms with Crippen molar-refractivity contribution < 1.29 is 4.79 Å². The molecule has 1 fully saturated rings. The summed E-state index contributed by atoms with van der Waals surface area (Å²) >= 11 is 0. The largest absolute Gasteiger partial charge is 0.352 e. The predicted octanol–water partition coefficient (Wildman–Crippen LogP) is 2.63. The van der Waals surface area contributed by atoms with Crippen LogP contribution in [0.5, 0.6) is 0 Å². The number of aryl methyl sites for hydroxylation is 2. The van der Waals surface area contributed by atoms with Crippen LogP contribution >= 0.6 is 0 Å². The highest BCUT2D eigenvalue weighted by Gasteiger charge is 2.26. The Morgan fingerprint density at radius 1 is 1.33 bits per heavy atom. The summed E-state index contributed by atoms with van der Waals surface area (Å²) in [6.45, 7) is 6.19. The first-order chi connectivity index (χ1) is 11.6. The van der Waals surface area contributed by atoms with Gasteiger partial charge in [0.25, 0.3) is 0 Å². The first-order valence-electron chi connectivity index (χ1n) is 8.49. The van der Waals surface area contributed by atoms with Gasteiger partial charge in [0.15, 0.2) is 0 Å². The van der Waals surface area contributed by atoms with E-state index in [2.05, 4.69) is 39.2 Å². The molecule has 3 rings (SSSR count). The number of anilines is 1. The van der Waals surface area contributed by atoms with Crippen molar-refractivity contribution in [2.45, 2.75) is 33.2 Å². The van der Waals surface area contributed by atoms with Crippen LogP contribution in [0.3, 0.4) is 0 Å². The lowest BCUT2D eigenvalue weighted by Crippen LogP contribution is -2.43. The summed E-state index contributed by atoms with van der Waals surface area (Å²) < 4.78 is 0. The van der Waals surface area contributed by atoms with Gasteiger partial charge in [0, 0.05) is 31.5 Å². The Hall–Kier alpha value is -2.43. The summed E-state index contributed by atoms with van der Waals surface area (Å²) in [6, 6.07) is 10.1. The number of benzene rings is 1. The maximum Gasteiger partial charge on any atom is 0.225 e. The summed E-state index contributed by atoms with van der Waals surface area (Å²) in [7, 11) is 0. The molecule has 2 aromatic rings. The lowest BCUT2D eigenvalue weighted by Gasteiger charge is -2.32. The molecule has 5 nitrogen and oxygen atoms in total. The van der Waals surface area contributed by atoms with Gasteiger partial charge >= 0.3 is 0 Å². The standard InChI is InChI=1S/C19H24N4O/c1-14-5-3-6-16(11-14)12-21-18(24)17-7-4-10-23(13-17)19-20-9-8-15(2)22-19/h3,5-6,8-9,11,17H,4,7,10,12-13H2,1-2H3,(H,21,24)/t17-/m0/s1. The molecule has 1 saturated heterocycles. The Morgan fingerprint density at radius 3 is 3.00 bits per heavy atom. The van der Waals surface area contributed by atoms with E-state index in [-0.39, 0.29) is 11.8 Å². The topological polar surface area (TPSA) is 58.1 Å². The highest BCUT2D eigenvalue weighted by molar-refractivity contribution is 5.79. The van der Waals surface area contributed by atoms with Gasteiger partial charge in [0.2, 0.25) is 11.9 Å². The average Bonchev–Trinajstić information content (AvgIpc) is 2.60. The molecule has 1 aromatic carbocycles. The van der Waals surface area contributed by atoms with E-state index in [9.17, 15) is 4.79 Å². The maximum absolute atomic E-state index is 12.5. The Balaban J connectivity index is 1.59. The fraction of sp³-hybridized carbons (Fsp3) is 0.421. The summed E-state index contributed by atoms with van der Waals surface area (Å²) in [4.78, 5) is 23.5. The molecule has 126 valence electrons. The number of carbonyl (C=O) groups is 1. The molecule has 0 bridgehead atoms. The van der Waals surface area contributed by atoms with Crippen LogP contribution in [0.1, 0.15) is 29.7 Å². The van der Waals surface area contributed by atoms with Crippen LogP contribution in [0.4, 0.5) is 5.95 Å². The van der Waals surface area contributed by atoms with Crippen LogP contribution in [-0.4, -0.2) is 29.0 Å². The number of piperidine rings is 1. The fourth-order valence-corrected chi connectivity index (χ4v) is 3.12. The van der Waals surface area contributed by atoms with Crippen LogP contribution in [-0.2, 0) is 11.3 Å². The first kappa shape index (κ1) is 16.4. The summed E-state index contributed by atoms with van der Waals surface area (Å²) in [5.74, 6) is 0.840. The minimum Gasteiger partial charge on any atom is -0.352 e. The highest BCUT2D eigenvalue weighted by atomic mass is 16.1. The molecule has 0 aliphatic carbocycles. The Bertz CT molecular complexity index is 716. The third-order valence-corrected chi connectivity index (χ3v) is 4.41. The maximum atomic E-state index is 12.5. The molecule has 1 aliphatic heterocycles. The molecule has 1 atom stereocenters. The lowest BCUT2D eigenvalue weighted by molar-refractivity contribution is -0.125.